The van der Waals surface area contributed by atoms with E-state index in [4.69, 9.17) is 0 Å². The van der Waals surface area contributed by atoms with Gasteiger partial charge in [0.1, 0.15) is 0 Å². The first-order valence-electron chi connectivity index (χ1n) is 6.90. The quantitative estimate of drug-likeness (QED) is 0.831. The number of aliphatic hydroxyl groups is 1. The van der Waals surface area contributed by atoms with Crippen LogP contribution < -0.4 is 5.32 Å². The van der Waals surface area contributed by atoms with Gasteiger partial charge in [0, 0.05) is 12.1 Å². The van der Waals surface area contributed by atoms with E-state index in [0.717, 1.165) is 39.0 Å². The van der Waals surface area contributed by atoms with Gasteiger partial charge >= 0.3 is 0 Å². The second-order valence-electron chi connectivity index (χ2n) is 5.21. The standard InChI is InChI=1S/C15H24N2O/c1-2-17-10-8-15(13-18,9-11-17)16-12-14-6-4-3-5-7-14/h3-7,16,18H,2,8-13H2,1H3. The van der Waals surface area contributed by atoms with Gasteiger partial charge < -0.3 is 15.3 Å². The molecule has 1 aromatic rings. The van der Waals surface area contributed by atoms with E-state index in [0.29, 0.717) is 0 Å². The fourth-order valence-corrected chi connectivity index (χ4v) is 2.57. The van der Waals surface area contributed by atoms with Crippen molar-refractivity contribution < 1.29 is 5.11 Å². The van der Waals surface area contributed by atoms with E-state index in [-0.39, 0.29) is 12.1 Å². The molecule has 2 rings (SSSR count). The summed E-state index contributed by atoms with van der Waals surface area (Å²) in [7, 11) is 0. The Bertz CT molecular complexity index is 345. The number of hydrogen-bond donors (Lipinski definition) is 2. The zero-order valence-electron chi connectivity index (χ0n) is 11.2. The van der Waals surface area contributed by atoms with Crippen molar-refractivity contribution in [1.82, 2.24) is 10.2 Å². The maximum atomic E-state index is 9.70. The Morgan fingerprint density at radius 1 is 1.22 bits per heavy atom. The molecule has 0 bridgehead atoms. The molecule has 0 aliphatic carbocycles. The Hall–Kier alpha value is -0.900. The number of rotatable bonds is 5. The highest BCUT2D eigenvalue weighted by Crippen LogP contribution is 2.22. The van der Waals surface area contributed by atoms with Crippen molar-refractivity contribution in [3.8, 4) is 0 Å². The van der Waals surface area contributed by atoms with Crippen molar-refractivity contribution in [3.63, 3.8) is 0 Å². The van der Waals surface area contributed by atoms with E-state index >= 15 is 0 Å². The monoisotopic (exact) mass is 248 g/mol. The Morgan fingerprint density at radius 2 is 1.89 bits per heavy atom. The minimum atomic E-state index is -0.0818. The topological polar surface area (TPSA) is 35.5 Å². The van der Waals surface area contributed by atoms with Gasteiger partial charge in [0.2, 0.25) is 0 Å². The van der Waals surface area contributed by atoms with E-state index < -0.39 is 0 Å². The SMILES string of the molecule is CCN1CCC(CO)(NCc2ccccc2)CC1. The van der Waals surface area contributed by atoms with Crippen LogP contribution in [0.5, 0.6) is 0 Å². The third kappa shape index (κ3) is 3.31. The number of likely N-dealkylation sites (tertiary alicyclic amines) is 1. The lowest BCUT2D eigenvalue weighted by atomic mass is 9.88. The van der Waals surface area contributed by atoms with Crippen LogP contribution in [0.1, 0.15) is 25.3 Å². The number of nitrogens with zero attached hydrogens (tertiary/aromatic N) is 1. The lowest BCUT2D eigenvalue weighted by Gasteiger charge is -2.41. The zero-order chi connectivity index (χ0) is 12.8. The van der Waals surface area contributed by atoms with Gasteiger partial charge in [-0.05, 0) is 38.0 Å². The predicted molar refractivity (Wildman–Crippen MR) is 74.4 cm³/mol. The number of hydrogen-bond acceptors (Lipinski definition) is 3. The summed E-state index contributed by atoms with van der Waals surface area (Å²) in [6.07, 6.45) is 2.06. The van der Waals surface area contributed by atoms with Crippen LogP contribution in [0.3, 0.4) is 0 Å². The van der Waals surface area contributed by atoms with Gasteiger partial charge in [0.05, 0.1) is 6.61 Å². The summed E-state index contributed by atoms with van der Waals surface area (Å²) in [6.45, 7) is 6.55. The molecule has 1 saturated heterocycles. The van der Waals surface area contributed by atoms with Gasteiger partial charge in [-0.2, -0.15) is 0 Å². The first kappa shape index (κ1) is 13.5. The number of nitrogens with one attached hydrogen (secondary N) is 1. The molecule has 1 aliphatic rings. The van der Waals surface area contributed by atoms with Crippen molar-refractivity contribution in [2.45, 2.75) is 31.8 Å². The third-order valence-electron chi connectivity index (χ3n) is 4.07. The lowest BCUT2D eigenvalue weighted by Crippen LogP contribution is -2.55. The minimum absolute atomic E-state index is 0.0818. The predicted octanol–water partition coefficient (Wildman–Crippen LogP) is 1.62. The molecule has 0 spiro atoms. The van der Waals surface area contributed by atoms with Crippen LogP contribution in [0.2, 0.25) is 0 Å². The van der Waals surface area contributed by atoms with Crippen LogP contribution in [0.15, 0.2) is 30.3 Å². The molecular formula is C15H24N2O. The normalized spacial score (nSPS) is 19.9. The van der Waals surface area contributed by atoms with Crippen LogP contribution in [-0.2, 0) is 6.54 Å². The molecule has 1 fully saturated rings. The summed E-state index contributed by atoms with van der Waals surface area (Å²) >= 11 is 0. The molecule has 2 N–H and O–H groups in total. The van der Waals surface area contributed by atoms with Gasteiger partial charge in [0.15, 0.2) is 0 Å². The van der Waals surface area contributed by atoms with Crippen molar-refractivity contribution >= 4 is 0 Å². The van der Waals surface area contributed by atoms with Gasteiger partial charge in [-0.25, -0.2) is 0 Å². The highest BCUT2D eigenvalue weighted by molar-refractivity contribution is 5.15. The molecule has 3 nitrogen and oxygen atoms in total. The van der Waals surface area contributed by atoms with Crippen LogP contribution in [-0.4, -0.2) is 41.8 Å². The summed E-state index contributed by atoms with van der Waals surface area (Å²) in [5.41, 5.74) is 1.20. The van der Waals surface area contributed by atoms with Gasteiger partial charge in [-0.3, -0.25) is 0 Å². The van der Waals surface area contributed by atoms with Crippen LogP contribution in [0, 0.1) is 0 Å². The van der Waals surface area contributed by atoms with Gasteiger partial charge in [-0.1, -0.05) is 37.3 Å². The summed E-state index contributed by atoms with van der Waals surface area (Å²) in [5, 5.41) is 13.3. The molecule has 0 amide bonds. The Morgan fingerprint density at radius 3 is 2.44 bits per heavy atom. The average molecular weight is 248 g/mol. The molecule has 1 aromatic carbocycles. The molecule has 0 radical (unpaired) electrons. The number of benzene rings is 1. The number of piperidine rings is 1. The maximum Gasteiger partial charge on any atom is 0.0614 e. The molecular weight excluding hydrogens is 224 g/mol. The van der Waals surface area contributed by atoms with Gasteiger partial charge in [0.25, 0.3) is 0 Å². The van der Waals surface area contributed by atoms with E-state index in [1.54, 1.807) is 0 Å². The van der Waals surface area contributed by atoms with E-state index in [1.807, 2.05) is 6.07 Å². The molecule has 0 aromatic heterocycles. The highest BCUT2D eigenvalue weighted by atomic mass is 16.3. The average Bonchev–Trinajstić information content (AvgIpc) is 2.47. The van der Waals surface area contributed by atoms with Crippen molar-refractivity contribution in [1.29, 1.82) is 0 Å². The summed E-state index contributed by atoms with van der Waals surface area (Å²) < 4.78 is 0. The van der Waals surface area contributed by atoms with Crippen LogP contribution in [0.25, 0.3) is 0 Å². The maximum absolute atomic E-state index is 9.70. The lowest BCUT2D eigenvalue weighted by molar-refractivity contribution is 0.0797. The summed E-state index contributed by atoms with van der Waals surface area (Å²) in [6, 6.07) is 10.4. The second-order valence-corrected chi connectivity index (χ2v) is 5.21. The zero-order valence-corrected chi connectivity index (χ0v) is 11.2. The van der Waals surface area contributed by atoms with E-state index in [1.165, 1.54) is 5.56 Å². The minimum Gasteiger partial charge on any atom is -0.394 e. The van der Waals surface area contributed by atoms with E-state index in [2.05, 4.69) is 41.4 Å². The smallest absolute Gasteiger partial charge is 0.0614 e. The Labute approximate surface area is 110 Å². The fraction of sp³-hybridized carbons (Fsp3) is 0.600. The molecule has 0 atom stereocenters. The molecule has 18 heavy (non-hydrogen) atoms. The molecule has 1 heterocycles. The Balaban J connectivity index is 1.89. The first-order chi connectivity index (χ1) is 8.78. The van der Waals surface area contributed by atoms with Crippen molar-refractivity contribution in [2.75, 3.05) is 26.2 Å². The first-order valence-corrected chi connectivity index (χ1v) is 6.90. The third-order valence-corrected chi connectivity index (χ3v) is 4.07. The molecule has 1 aliphatic heterocycles. The van der Waals surface area contributed by atoms with Crippen molar-refractivity contribution in [2.24, 2.45) is 0 Å². The molecule has 0 saturated carbocycles. The van der Waals surface area contributed by atoms with E-state index in [9.17, 15) is 5.11 Å². The summed E-state index contributed by atoms with van der Waals surface area (Å²) in [4.78, 5) is 2.44. The molecule has 3 heteroatoms. The fourth-order valence-electron chi connectivity index (χ4n) is 2.57. The Kier molecular flexibility index (Phi) is 4.75. The largest absolute Gasteiger partial charge is 0.394 e. The second kappa shape index (κ2) is 6.32. The van der Waals surface area contributed by atoms with Crippen LogP contribution in [0.4, 0.5) is 0 Å². The molecule has 0 unspecified atom stereocenters. The summed E-state index contributed by atoms with van der Waals surface area (Å²) in [5.74, 6) is 0. The highest BCUT2D eigenvalue weighted by Gasteiger charge is 2.32. The molecule has 100 valence electrons. The van der Waals surface area contributed by atoms with Crippen LogP contribution >= 0.6 is 0 Å². The van der Waals surface area contributed by atoms with Gasteiger partial charge in [-0.15, -0.1) is 0 Å². The van der Waals surface area contributed by atoms with Crippen molar-refractivity contribution in [3.05, 3.63) is 35.9 Å². The number of aliphatic hydroxyl groups excluding tert-OH is 1.